The molecule has 0 spiro atoms. The van der Waals surface area contributed by atoms with Gasteiger partial charge in [0.2, 0.25) is 5.91 Å². The number of nitrogens with zero attached hydrogens (tertiary/aromatic N) is 1. The van der Waals surface area contributed by atoms with Gasteiger partial charge < -0.3 is 9.73 Å². The average Bonchev–Trinajstić information content (AvgIpc) is 3.26. The van der Waals surface area contributed by atoms with Gasteiger partial charge in [-0.25, -0.2) is 4.98 Å². The van der Waals surface area contributed by atoms with Crippen molar-refractivity contribution in [2.24, 2.45) is 0 Å². The lowest BCUT2D eigenvalue weighted by atomic mass is 10.2. The molecular formula is C17H15N3O3S. The van der Waals surface area contributed by atoms with Gasteiger partial charge in [0.25, 0.3) is 5.91 Å². The van der Waals surface area contributed by atoms with Gasteiger partial charge in [-0.15, -0.1) is 11.3 Å². The monoisotopic (exact) mass is 341 g/mol. The quantitative estimate of drug-likeness (QED) is 0.722. The molecule has 0 saturated heterocycles. The summed E-state index contributed by atoms with van der Waals surface area (Å²) < 4.78 is 5.01. The summed E-state index contributed by atoms with van der Waals surface area (Å²) in [4.78, 5) is 28.0. The molecule has 0 unspecified atom stereocenters. The molecule has 0 bridgehead atoms. The van der Waals surface area contributed by atoms with E-state index in [1.807, 2.05) is 30.3 Å². The molecule has 2 heterocycles. The van der Waals surface area contributed by atoms with Gasteiger partial charge in [-0.1, -0.05) is 30.3 Å². The smallest absolute Gasteiger partial charge is 0.293 e. The van der Waals surface area contributed by atoms with E-state index in [2.05, 4.69) is 15.6 Å². The molecule has 0 atom stereocenters. The molecule has 3 rings (SSSR count). The number of rotatable bonds is 6. The molecule has 1 aromatic carbocycles. The zero-order valence-electron chi connectivity index (χ0n) is 12.7. The first-order chi connectivity index (χ1) is 11.7. The van der Waals surface area contributed by atoms with E-state index in [1.54, 1.807) is 17.5 Å². The Morgan fingerprint density at radius 3 is 2.71 bits per heavy atom. The Bertz CT molecular complexity index is 813. The lowest BCUT2D eigenvalue weighted by Crippen LogP contribution is -2.24. The Balaban J connectivity index is 1.50. The highest BCUT2D eigenvalue weighted by atomic mass is 32.1. The molecule has 2 aromatic heterocycles. The summed E-state index contributed by atoms with van der Waals surface area (Å²) in [6, 6.07) is 12.9. The van der Waals surface area contributed by atoms with Gasteiger partial charge in [-0.3, -0.25) is 14.9 Å². The number of carbonyl (C=O) groups is 2. The van der Waals surface area contributed by atoms with Crippen LogP contribution < -0.4 is 10.6 Å². The standard InChI is InChI=1S/C17H15N3O3S/c21-15(18-10-12-5-2-1-3-6-12)9-13-11-24-17(19-13)20-16(22)14-7-4-8-23-14/h1-8,11H,9-10H2,(H,18,21)(H,19,20,22). The minimum Gasteiger partial charge on any atom is -0.459 e. The molecule has 122 valence electrons. The van der Waals surface area contributed by atoms with Crippen LogP contribution in [0.4, 0.5) is 5.13 Å². The third-order valence-corrected chi connectivity index (χ3v) is 4.00. The second-order valence-electron chi connectivity index (χ2n) is 5.01. The van der Waals surface area contributed by atoms with Crippen LogP contribution in [0, 0.1) is 0 Å². The number of thiazole rings is 1. The average molecular weight is 341 g/mol. The third-order valence-electron chi connectivity index (χ3n) is 3.19. The highest BCUT2D eigenvalue weighted by Crippen LogP contribution is 2.17. The second kappa shape index (κ2) is 7.56. The lowest BCUT2D eigenvalue weighted by molar-refractivity contribution is -0.120. The lowest BCUT2D eigenvalue weighted by Gasteiger charge is -2.03. The fourth-order valence-corrected chi connectivity index (χ4v) is 2.74. The van der Waals surface area contributed by atoms with Gasteiger partial charge in [0.05, 0.1) is 18.4 Å². The van der Waals surface area contributed by atoms with Gasteiger partial charge >= 0.3 is 0 Å². The zero-order chi connectivity index (χ0) is 16.8. The van der Waals surface area contributed by atoms with Crippen LogP contribution in [0.3, 0.4) is 0 Å². The van der Waals surface area contributed by atoms with Crippen LogP contribution in [0.25, 0.3) is 0 Å². The topological polar surface area (TPSA) is 84.2 Å². The number of anilines is 1. The maximum Gasteiger partial charge on any atom is 0.293 e. The minimum atomic E-state index is -0.366. The number of hydrogen-bond donors (Lipinski definition) is 2. The Hall–Kier alpha value is -2.93. The molecule has 6 nitrogen and oxygen atoms in total. The summed E-state index contributed by atoms with van der Waals surface area (Å²) in [5.74, 6) is -0.269. The molecule has 7 heteroatoms. The van der Waals surface area contributed by atoms with Crippen molar-refractivity contribution in [1.82, 2.24) is 10.3 Å². The van der Waals surface area contributed by atoms with Crippen molar-refractivity contribution in [3.63, 3.8) is 0 Å². The molecule has 0 aliphatic rings. The number of hydrogen-bond acceptors (Lipinski definition) is 5. The Morgan fingerprint density at radius 1 is 1.12 bits per heavy atom. The van der Waals surface area contributed by atoms with Crippen LogP contribution in [0.2, 0.25) is 0 Å². The van der Waals surface area contributed by atoms with Crippen LogP contribution in [0.5, 0.6) is 0 Å². The molecular weight excluding hydrogens is 326 g/mol. The first-order valence-corrected chi connectivity index (χ1v) is 8.18. The molecule has 2 N–H and O–H groups in total. The van der Waals surface area contributed by atoms with Gasteiger partial charge in [0.15, 0.2) is 10.9 Å². The van der Waals surface area contributed by atoms with Gasteiger partial charge in [0.1, 0.15) is 0 Å². The van der Waals surface area contributed by atoms with Crippen LogP contribution in [-0.2, 0) is 17.8 Å². The van der Waals surface area contributed by atoms with Crippen LogP contribution in [-0.4, -0.2) is 16.8 Å². The van der Waals surface area contributed by atoms with Gasteiger partial charge in [-0.05, 0) is 17.7 Å². The van der Waals surface area contributed by atoms with Crippen molar-refractivity contribution in [3.8, 4) is 0 Å². The van der Waals surface area contributed by atoms with Crippen LogP contribution in [0.1, 0.15) is 21.8 Å². The van der Waals surface area contributed by atoms with Crippen molar-refractivity contribution in [1.29, 1.82) is 0 Å². The van der Waals surface area contributed by atoms with E-state index in [9.17, 15) is 9.59 Å². The summed E-state index contributed by atoms with van der Waals surface area (Å²) in [7, 11) is 0. The van der Waals surface area contributed by atoms with Crippen molar-refractivity contribution >= 4 is 28.3 Å². The molecule has 2 amide bonds. The number of amides is 2. The van der Waals surface area contributed by atoms with Crippen molar-refractivity contribution in [3.05, 3.63) is 71.1 Å². The highest BCUT2D eigenvalue weighted by molar-refractivity contribution is 7.14. The first-order valence-electron chi connectivity index (χ1n) is 7.30. The highest BCUT2D eigenvalue weighted by Gasteiger charge is 2.12. The predicted octanol–water partition coefficient (Wildman–Crippen LogP) is 2.85. The molecule has 0 saturated carbocycles. The number of furan rings is 1. The summed E-state index contributed by atoms with van der Waals surface area (Å²) >= 11 is 1.27. The number of nitrogens with one attached hydrogen (secondary N) is 2. The molecule has 0 aliphatic carbocycles. The van der Waals surface area contributed by atoms with E-state index in [1.165, 1.54) is 17.6 Å². The number of carbonyl (C=O) groups excluding carboxylic acids is 2. The fraction of sp³-hybridized carbons (Fsp3) is 0.118. The minimum absolute atomic E-state index is 0.118. The van der Waals surface area contributed by atoms with E-state index in [0.717, 1.165) is 5.56 Å². The Morgan fingerprint density at radius 2 is 1.96 bits per heavy atom. The summed E-state index contributed by atoms with van der Waals surface area (Å²) in [6.07, 6.45) is 1.60. The van der Waals surface area contributed by atoms with E-state index >= 15 is 0 Å². The maximum atomic E-state index is 12.0. The zero-order valence-corrected chi connectivity index (χ0v) is 13.5. The summed E-state index contributed by atoms with van der Waals surface area (Å²) in [5, 5.41) is 7.66. The first kappa shape index (κ1) is 15.9. The Kier molecular flexibility index (Phi) is 5.02. The molecule has 0 fully saturated rings. The summed E-state index contributed by atoms with van der Waals surface area (Å²) in [5.41, 5.74) is 1.65. The van der Waals surface area contributed by atoms with Crippen molar-refractivity contribution in [2.75, 3.05) is 5.32 Å². The maximum absolute atomic E-state index is 12.0. The summed E-state index contributed by atoms with van der Waals surface area (Å²) in [6.45, 7) is 0.478. The molecule has 3 aromatic rings. The molecule has 0 aliphatic heterocycles. The fourth-order valence-electron chi connectivity index (χ4n) is 2.04. The van der Waals surface area contributed by atoms with E-state index in [-0.39, 0.29) is 24.0 Å². The van der Waals surface area contributed by atoms with E-state index in [0.29, 0.717) is 17.4 Å². The van der Waals surface area contributed by atoms with Crippen LogP contribution >= 0.6 is 11.3 Å². The van der Waals surface area contributed by atoms with E-state index < -0.39 is 0 Å². The van der Waals surface area contributed by atoms with Crippen molar-refractivity contribution < 1.29 is 14.0 Å². The van der Waals surface area contributed by atoms with Crippen molar-refractivity contribution in [2.45, 2.75) is 13.0 Å². The van der Waals surface area contributed by atoms with Gasteiger partial charge in [0, 0.05) is 11.9 Å². The number of benzene rings is 1. The Labute approximate surface area is 142 Å². The third kappa shape index (κ3) is 4.30. The molecule has 24 heavy (non-hydrogen) atoms. The SMILES string of the molecule is O=C(Cc1csc(NC(=O)c2ccco2)n1)NCc1ccccc1. The number of aromatic nitrogens is 1. The second-order valence-corrected chi connectivity index (χ2v) is 5.87. The van der Waals surface area contributed by atoms with E-state index in [4.69, 9.17) is 4.42 Å². The molecule has 0 radical (unpaired) electrons. The predicted molar refractivity (Wildman–Crippen MR) is 90.8 cm³/mol. The van der Waals surface area contributed by atoms with Gasteiger partial charge in [-0.2, -0.15) is 0 Å². The normalized spacial score (nSPS) is 10.3. The largest absolute Gasteiger partial charge is 0.459 e. The van der Waals surface area contributed by atoms with Crippen LogP contribution in [0.15, 0.2) is 58.5 Å².